The topological polar surface area (TPSA) is 155 Å². The van der Waals surface area contributed by atoms with Crippen LogP contribution in [0.25, 0.3) is 88.0 Å². The van der Waals surface area contributed by atoms with Gasteiger partial charge in [-0.05, 0) is 79.6 Å². The predicted octanol–water partition coefficient (Wildman–Crippen LogP) is 7.64. The van der Waals surface area contributed by atoms with Crippen LogP contribution in [-0.2, 0) is 19.5 Å². The van der Waals surface area contributed by atoms with E-state index in [1.165, 1.54) is 5.56 Å². The largest absolute Gasteiger partial charge is 0.254 e. The molecule has 0 saturated heterocycles. The molecule has 11 rings (SSSR count). The van der Waals surface area contributed by atoms with Gasteiger partial charge in [-0.25, -0.2) is 9.97 Å². The second-order valence-electron chi connectivity index (χ2n) is 12.0. The number of fused-ring (bicyclic) bond motifs is 13. The standard InChI is InChI=1S/C20H14N4.2C10H6N4.Ru/c1-11-9-12(2)16-15(10-11)23-19-13-5-3-7-21-17(13)18-14(20(19)24-16)6-4-8-22-18;2*1-2-8-10(14-6-4-12-8)9-7(1)11-3-5-13-9;/h3-10H,1-2H3;2*1-6H;. The maximum atomic E-state index is 4.97. The number of nitrogens with zero attached hydrogens (tertiary/aromatic N) is 12. The van der Waals surface area contributed by atoms with Crippen LogP contribution in [0.4, 0.5) is 0 Å². The molecule has 0 bridgehead atoms. The monoisotopic (exact) mass is 776 g/mol. The minimum atomic E-state index is 0. The van der Waals surface area contributed by atoms with E-state index in [2.05, 4.69) is 75.8 Å². The third-order valence-electron chi connectivity index (χ3n) is 8.61. The Bertz CT molecular complexity index is 2920. The molecule has 0 N–H and O–H groups in total. The van der Waals surface area contributed by atoms with Gasteiger partial charge in [0.15, 0.2) is 0 Å². The molecule has 13 heteroatoms. The van der Waals surface area contributed by atoms with Gasteiger partial charge in [-0.2, -0.15) is 0 Å². The van der Waals surface area contributed by atoms with E-state index < -0.39 is 0 Å². The average molecular weight is 776 g/mol. The molecule has 11 aromatic rings. The summed E-state index contributed by atoms with van der Waals surface area (Å²) in [5.74, 6) is 0. The smallest absolute Gasteiger partial charge is 0.116 e. The number of hydrogen-bond donors (Lipinski definition) is 0. The summed E-state index contributed by atoms with van der Waals surface area (Å²) >= 11 is 0. The SMILES string of the molecule is Cc1cc(C)c2nc3c4cccnc4c4ncccc4c3nc2c1.[Ru].c1cnc2c(ccc3nccnc32)n1.c1cnc2c(ccc3nccnc32)n1. The third kappa shape index (κ3) is 6.17. The normalized spacial score (nSPS) is 11.1. The van der Waals surface area contributed by atoms with Gasteiger partial charge in [-0.3, -0.25) is 49.8 Å². The van der Waals surface area contributed by atoms with Gasteiger partial charge in [0.05, 0.1) is 55.2 Å². The van der Waals surface area contributed by atoms with Gasteiger partial charge in [-0.1, -0.05) is 6.07 Å². The maximum absolute atomic E-state index is 4.97. The van der Waals surface area contributed by atoms with Crippen molar-refractivity contribution in [2.24, 2.45) is 0 Å². The Morgan fingerprint density at radius 3 is 1.13 bits per heavy atom. The quantitative estimate of drug-likeness (QED) is 0.0845. The Kier molecular flexibility index (Phi) is 8.91. The van der Waals surface area contributed by atoms with Crippen molar-refractivity contribution >= 4 is 88.0 Å². The summed E-state index contributed by atoms with van der Waals surface area (Å²) in [6.07, 6.45) is 16.9. The molecule has 0 fully saturated rings. The van der Waals surface area contributed by atoms with Crippen LogP contribution in [0.15, 0.2) is 123 Å². The molecule has 7 aromatic heterocycles. The molecule has 0 atom stereocenters. The molecule has 0 aliphatic rings. The summed E-state index contributed by atoms with van der Waals surface area (Å²) in [7, 11) is 0. The van der Waals surface area contributed by atoms with Gasteiger partial charge >= 0.3 is 0 Å². The number of aromatic nitrogens is 12. The van der Waals surface area contributed by atoms with E-state index in [1.54, 1.807) is 62.0 Å². The second-order valence-corrected chi connectivity index (χ2v) is 12.0. The van der Waals surface area contributed by atoms with Crippen molar-refractivity contribution in [1.29, 1.82) is 0 Å². The van der Waals surface area contributed by atoms with Crippen LogP contribution >= 0.6 is 0 Å². The van der Waals surface area contributed by atoms with Crippen LogP contribution in [0.5, 0.6) is 0 Å². The molecular weight excluding hydrogens is 750 g/mol. The number of aryl methyl sites for hydroxylation is 2. The first-order valence-electron chi connectivity index (χ1n) is 16.4. The van der Waals surface area contributed by atoms with Crippen LogP contribution < -0.4 is 0 Å². The van der Waals surface area contributed by atoms with E-state index >= 15 is 0 Å². The Labute approximate surface area is 313 Å². The van der Waals surface area contributed by atoms with E-state index in [4.69, 9.17) is 9.97 Å². The first-order chi connectivity index (χ1) is 25.6. The molecule has 254 valence electrons. The van der Waals surface area contributed by atoms with Crippen LogP contribution in [0.2, 0.25) is 0 Å². The zero-order chi connectivity index (χ0) is 35.0. The number of hydrogen-bond acceptors (Lipinski definition) is 12. The molecule has 0 unspecified atom stereocenters. The van der Waals surface area contributed by atoms with Crippen molar-refractivity contribution in [2.45, 2.75) is 13.8 Å². The Morgan fingerprint density at radius 2 is 0.698 bits per heavy atom. The van der Waals surface area contributed by atoms with Gasteiger partial charge < -0.3 is 0 Å². The van der Waals surface area contributed by atoms with Gasteiger partial charge in [0.1, 0.15) is 22.1 Å². The van der Waals surface area contributed by atoms with Crippen molar-refractivity contribution in [3.05, 3.63) is 134 Å². The Morgan fingerprint density at radius 1 is 0.321 bits per heavy atom. The second kappa shape index (κ2) is 14.1. The molecule has 12 nitrogen and oxygen atoms in total. The van der Waals surface area contributed by atoms with Crippen LogP contribution in [-0.4, -0.2) is 59.8 Å². The fourth-order valence-electron chi connectivity index (χ4n) is 6.38. The molecule has 7 heterocycles. The van der Waals surface area contributed by atoms with Crippen molar-refractivity contribution in [1.82, 2.24) is 59.8 Å². The van der Waals surface area contributed by atoms with Gasteiger partial charge in [0.25, 0.3) is 0 Å². The summed E-state index contributed by atoms with van der Waals surface area (Å²) in [5, 5.41) is 1.99. The van der Waals surface area contributed by atoms with Crippen molar-refractivity contribution in [2.75, 3.05) is 0 Å². The molecule has 0 saturated carbocycles. The van der Waals surface area contributed by atoms with E-state index in [1.807, 2.05) is 48.5 Å². The molecule has 4 aromatic carbocycles. The fourth-order valence-corrected chi connectivity index (χ4v) is 6.38. The van der Waals surface area contributed by atoms with Crippen LogP contribution in [0, 0.1) is 13.8 Å². The van der Waals surface area contributed by atoms with Crippen molar-refractivity contribution < 1.29 is 19.5 Å². The minimum Gasteiger partial charge on any atom is -0.254 e. The molecule has 0 aliphatic heterocycles. The van der Waals surface area contributed by atoms with E-state index in [-0.39, 0.29) is 19.5 Å². The Hall–Kier alpha value is -6.72. The van der Waals surface area contributed by atoms with Crippen LogP contribution in [0.1, 0.15) is 11.1 Å². The summed E-state index contributed by atoms with van der Waals surface area (Å²) in [6.45, 7) is 4.17. The maximum Gasteiger partial charge on any atom is 0.116 e. The predicted molar refractivity (Wildman–Crippen MR) is 202 cm³/mol. The van der Waals surface area contributed by atoms with E-state index in [0.29, 0.717) is 0 Å². The third-order valence-corrected chi connectivity index (χ3v) is 8.61. The summed E-state index contributed by atoms with van der Waals surface area (Å²) < 4.78 is 0. The summed E-state index contributed by atoms with van der Waals surface area (Å²) in [5.41, 5.74) is 14.3. The summed E-state index contributed by atoms with van der Waals surface area (Å²) in [4.78, 5) is 52.8. The van der Waals surface area contributed by atoms with Crippen molar-refractivity contribution in [3.8, 4) is 0 Å². The van der Waals surface area contributed by atoms with Gasteiger partial charge in [-0.15, -0.1) is 0 Å². The fraction of sp³-hybridized carbons (Fsp3) is 0.0500. The zero-order valence-corrected chi connectivity index (χ0v) is 30.0. The Balaban J connectivity index is 0.000000119. The first-order valence-corrected chi connectivity index (χ1v) is 16.4. The number of rotatable bonds is 0. The summed E-state index contributed by atoms with van der Waals surface area (Å²) in [6, 6.07) is 19.8. The molecular formula is C40H26N12Ru. The minimum absolute atomic E-state index is 0. The molecule has 53 heavy (non-hydrogen) atoms. The molecule has 0 aliphatic carbocycles. The molecule has 0 radical (unpaired) electrons. The van der Waals surface area contributed by atoms with Gasteiger partial charge in [0.2, 0.25) is 0 Å². The van der Waals surface area contributed by atoms with E-state index in [0.717, 1.165) is 93.6 Å². The molecule has 0 spiro atoms. The number of benzene rings is 4. The molecule has 0 amide bonds. The van der Waals surface area contributed by atoms with Crippen LogP contribution in [0.3, 0.4) is 0 Å². The van der Waals surface area contributed by atoms with Crippen molar-refractivity contribution in [3.63, 3.8) is 0 Å². The first kappa shape index (κ1) is 33.4. The number of pyridine rings is 2. The van der Waals surface area contributed by atoms with E-state index in [9.17, 15) is 0 Å². The van der Waals surface area contributed by atoms with Gasteiger partial charge in [0, 0.05) is 92.2 Å². The zero-order valence-electron chi connectivity index (χ0n) is 28.3. The average Bonchev–Trinajstić information content (AvgIpc) is 3.21.